The summed E-state index contributed by atoms with van der Waals surface area (Å²) in [6, 6.07) is 13.2. The van der Waals surface area contributed by atoms with Gasteiger partial charge in [-0.15, -0.1) is 0 Å². The van der Waals surface area contributed by atoms with Crippen molar-refractivity contribution >= 4 is 61.8 Å². The molecule has 1 aliphatic rings. The van der Waals surface area contributed by atoms with Gasteiger partial charge in [0.1, 0.15) is 11.6 Å². The van der Waals surface area contributed by atoms with Crippen LogP contribution in [0.15, 0.2) is 70.2 Å². The minimum atomic E-state index is -3.49. The summed E-state index contributed by atoms with van der Waals surface area (Å²) < 4.78 is 29.9. The largest absolute Gasteiger partial charge is 0.480 e. The molecule has 218 valence electrons. The number of hydrogen-bond acceptors (Lipinski definition) is 6. The first-order valence-corrected chi connectivity index (χ1v) is 15.5. The zero-order valence-corrected chi connectivity index (χ0v) is 24.7. The molecule has 5 rings (SSSR count). The number of carbonyl (C=O) groups excluding carboxylic acids is 2. The van der Waals surface area contributed by atoms with Crippen LogP contribution in [0.4, 0.5) is 0 Å². The summed E-state index contributed by atoms with van der Waals surface area (Å²) in [5.41, 5.74) is 2.79. The second-order valence-electron chi connectivity index (χ2n) is 9.95. The van der Waals surface area contributed by atoms with E-state index in [-0.39, 0.29) is 45.1 Å². The Hall–Kier alpha value is -3.86. The highest BCUT2D eigenvalue weighted by Crippen LogP contribution is 2.35. The molecule has 1 aliphatic heterocycles. The quantitative estimate of drug-likeness (QED) is 0.275. The van der Waals surface area contributed by atoms with E-state index in [1.807, 2.05) is 12.1 Å². The maximum Gasteiger partial charge on any atom is 0.326 e. The summed E-state index contributed by atoms with van der Waals surface area (Å²) in [5, 5.41) is 13.3. The highest BCUT2D eigenvalue weighted by molar-refractivity contribution is 7.91. The number of sulfone groups is 1. The molecule has 0 bridgehead atoms. The zero-order valence-electron chi connectivity index (χ0n) is 22.4. The van der Waals surface area contributed by atoms with Crippen molar-refractivity contribution in [2.75, 3.05) is 12.3 Å². The highest BCUT2D eigenvalue weighted by Gasteiger charge is 2.30. The molecule has 2 amide bonds. The molecule has 0 saturated heterocycles. The van der Waals surface area contributed by atoms with Crippen LogP contribution in [0.1, 0.15) is 44.3 Å². The van der Waals surface area contributed by atoms with Crippen molar-refractivity contribution in [1.82, 2.24) is 10.2 Å². The molecule has 42 heavy (non-hydrogen) atoms. The summed E-state index contributed by atoms with van der Waals surface area (Å²) in [7, 11) is -3.49. The summed E-state index contributed by atoms with van der Waals surface area (Å²) in [5.74, 6) is -2.37. The fraction of sp³-hybridized carbons (Fsp3) is 0.233. The van der Waals surface area contributed by atoms with Crippen LogP contribution >= 0.6 is 23.2 Å². The molecule has 0 saturated carbocycles. The predicted molar refractivity (Wildman–Crippen MR) is 158 cm³/mol. The van der Waals surface area contributed by atoms with Crippen LogP contribution in [0.2, 0.25) is 10.0 Å². The first-order valence-electron chi connectivity index (χ1n) is 13.1. The Kier molecular flexibility index (Phi) is 8.32. The Morgan fingerprint density at radius 1 is 1.10 bits per heavy atom. The lowest BCUT2D eigenvalue weighted by Crippen LogP contribution is -2.42. The number of carbonyl (C=O) groups is 3. The normalized spacial score (nSPS) is 13.9. The molecule has 0 spiro atoms. The average Bonchev–Trinajstić information content (AvgIpc) is 3.44. The van der Waals surface area contributed by atoms with Crippen LogP contribution in [0, 0.1) is 0 Å². The lowest BCUT2D eigenvalue weighted by molar-refractivity contribution is -0.139. The fourth-order valence-corrected chi connectivity index (χ4v) is 6.72. The van der Waals surface area contributed by atoms with Crippen LogP contribution < -0.4 is 5.32 Å². The fourth-order valence-electron chi connectivity index (χ4n) is 5.00. The molecule has 2 N–H and O–H groups in total. The molecular formula is C30H26Cl2N2O7S. The Balaban J connectivity index is 1.34. The average molecular weight is 630 g/mol. The first-order chi connectivity index (χ1) is 20.0. The van der Waals surface area contributed by atoms with Crippen LogP contribution in [0.5, 0.6) is 0 Å². The van der Waals surface area contributed by atoms with E-state index in [2.05, 4.69) is 5.32 Å². The van der Waals surface area contributed by atoms with Crippen molar-refractivity contribution < 1.29 is 32.3 Å². The van der Waals surface area contributed by atoms with Gasteiger partial charge in [0.15, 0.2) is 9.84 Å². The lowest BCUT2D eigenvalue weighted by atomic mass is 9.95. The van der Waals surface area contributed by atoms with E-state index in [4.69, 9.17) is 27.6 Å². The van der Waals surface area contributed by atoms with E-state index in [1.165, 1.54) is 25.1 Å². The van der Waals surface area contributed by atoms with Crippen molar-refractivity contribution in [3.63, 3.8) is 0 Å². The van der Waals surface area contributed by atoms with Gasteiger partial charge in [0.2, 0.25) is 0 Å². The van der Waals surface area contributed by atoms with Gasteiger partial charge in [-0.3, -0.25) is 9.59 Å². The van der Waals surface area contributed by atoms with Gasteiger partial charge in [0.25, 0.3) is 11.8 Å². The number of carboxylic acid groups (broad SMARTS) is 1. The SMILES string of the molecule is CCS(=O)(=O)c1cccc(C[C@H](NC(=O)c2c(Cl)cc3c(c2Cl)CCN(C(=O)c2ccc4ccoc4c2)C3)C(=O)O)c1. The van der Waals surface area contributed by atoms with Gasteiger partial charge in [0.05, 0.1) is 32.5 Å². The number of carboxylic acids is 1. The minimum absolute atomic E-state index is 0.0164. The molecule has 4 aromatic rings. The van der Waals surface area contributed by atoms with Crippen molar-refractivity contribution in [1.29, 1.82) is 0 Å². The highest BCUT2D eigenvalue weighted by atomic mass is 35.5. The maximum atomic E-state index is 13.3. The smallest absolute Gasteiger partial charge is 0.326 e. The molecule has 9 nitrogen and oxygen atoms in total. The number of nitrogens with zero attached hydrogens (tertiary/aromatic N) is 1. The van der Waals surface area contributed by atoms with Gasteiger partial charge in [0, 0.05) is 30.5 Å². The summed E-state index contributed by atoms with van der Waals surface area (Å²) >= 11 is 13.2. The van der Waals surface area contributed by atoms with Gasteiger partial charge in [-0.25, -0.2) is 13.2 Å². The molecule has 0 aliphatic carbocycles. The predicted octanol–water partition coefficient (Wildman–Crippen LogP) is 5.16. The van der Waals surface area contributed by atoms with Gasteiger partial charge < -0.3 is 19.7 Å². The molecule has 2 heterocycles. The first kappa shape index (κ1) is 29.6. The lowest BCUT2D eigenvalue weighted by Gasteiger charge is -2.30. The zero-order chi connectivity index (χ0) is 30.2. The van der Waals surface area contributed by atoms with Crippen LogP contribution in [-0.2, 0) is 34.0 Å². The van der Waals surface area contributed by atoms with Crippen molar-refractivity contribution in [2.45, 2.75) is 37.2 Å². The Labute approximate surface area is 251 Å². The number of rotatable bonds is 8. The van der Waals surface area contributed by atoms with Gasteiger partial charge in [-0.05, 0) is 59.5 Å². The van der Waals surface area contributed by atoms with Gasteiger partial charge >= 0.3 is 5.97 Å². The summed E-state index contributed by atoms with van der Waals surface area (Å²) in [6.07, 6.45) is 1.76. The van der Waals surface area contributed by atoms with Crippen molar-refractivity contribution in [3.05, 3.63) is 98.7 Å². The molecule has 3 aromatic carbocycles. The van der Waals surface area contributed by atoms with E-state index in [0.717, 1.165) is 5.39 Å². The third-order valence-corrected chi connectivity index (χ3v) is 9.75. The number of hydrogen-bond donors (Lipinski definition) is 2. The van der Waals surface area contributed by atoms with E-state index in [0.29, 0.717) is 40.8 Å². The Morgan fingerprint density at radius 2 is 1.88 bits per heavy atom. The minimum Gasteiger partial charge on any atom is -0.480 e. The van der Waals surface area contributed by atoms with Crippen molar-refractivity contribution in [3.8, 4) is 0 Å². The Morgan fingerprint density at radius 3 is 2.62 bits per heavy atom. The van der Waals surface area contributed by atoms with Gasteiger partial charge in [-0.2, -0.15) is 0 Å². The number of benzene rings is 3. The third kappa shape index (κ3) is 5.88. The number of aliphatic carboxylic acids is 1. The summed E-state index contributed by atoms with van der Waals surface area (Å²) in [6.45, 7) is 2.09. The number of halogens is 2. The standard InChI is InChI=1S/C30H26Cl2N2O7S/c1-2-42(39,40)21-5-3-4-17(12-21)13-24(30(37)38)33-28(35)26-23(31)14-20-16-34(10-8-22(20)27(26)32)29(36)19-7-6-18-9-11-41-25(18)15-19/h3-7,9,11-12,14-15,24H,2,8,10,13,16H2,1H3,(H,33,35)(H,37,38)/t24-/m0/s1. The number of fused-ring (bicyclic) bond motifs is 2. The number of nitrogens with one attached hydrogen (secondary N) is 1. The number of amides is 2. The third-order valence-electron chi connectivity index (χ3n) is 7.30. The summed E-state index contributed by atoms with van der Waals surface area (Å²) in [4.78, 5) is 40.3. The molecular weight excluding hydrogens is 603 g/mol. The van der Waals surface area contributed by atoms with Crippen LogP contribution in [0.25, 0.3) is 11.0 Å². The number of furan rings is 1. The molecule has 12 heteroatoms. The molecule has 0 unspecified atom stereocenters. The molecule has 0 radical (unpaired) electrons. The van der Waals surface area contributed by atoms with E-state index >= 15 is 0 Å². The Bertz CT molecular complexity index is 1830. The second-order valence-corrected chi connectivity index (χ2v) is 13.0. The van der Waals surface area contributed by atoms with E-state index in [1.54, 1.807) is 35.4 Å². The van der Waals surface area contributed by atoms with E-state index < -0.39 is 27.8 Å². The monoisotopic (exact) mass is 628 g/mol. The molecule has 0 fully saturated rings. The van der Waals surface area contributed by atoms with Crippen LogP contribution in [0.3, 0.4) is 0 Å². The maximum absolute atomic E-state index is 13.3. The molecule has 1 aromatic heterocycles. The van der Waals surface area contributed by atoms with Crippen molar-refractivity contribution in [2.24, 2.45) is 0 Å². The van der Waals surface area contributed by atoms with Gasteiger partial charge in [-0.1, -0.05) is 48.3 Å². The topological polar surface area (TPSA) is 134 Å². The second kappa shape index (κ2) is 11.8. The molecule has 1 atom stereocenters. The van der Waals surface area contributed by atoms with E-state index in [9.17, 15) is 27.9 Å². The van der Waals surface area contributed by atoms with Crippen LogP contribution in [-0.4, -0.2) is 54.5 Å².